The lowest BCUT2D eigenvalue weighted by molar-refractivity contribution is 0.0831. The number of nitrogens with zero attached hydrogens (tertiary/aromatic N) is 3. The summed E-state index contributed by atoms with van der Waals surface area (Å²) >= 11 is 0. The number of benzene rings is 1. The molecule has 26 heavy (non-hydrogen) atoms. The van der Waals surface area contributed by atoms with Gasteiger partial charge in [0.1, 0.15) is 5.75 Å². The van der Waals surface area contributed by atoms with Gasteiger partial charge < -0.3 is 19.5 Å². The third kappa shape index (κ3) is 4.04. The molecule has 1 aliphatic rings. The van der Waals surface area contributed by atoms with Gasteiger partial charge >= 0.3 is 6.03 Å². The Morgan fingerprint density at radius 3 is 2.73 bits per heavy atom. The molecule has 3 rings (SSSR count). The summed E-state index contributed by atoms with van der Waals surface area (Å²) in [6, 6.07) is 7.43. The first-order valence-electron chi connectivity index (χ1n) is 8.75. The zero-order valence-corrected chi connectivity index (χ0v) is 15.1. The number of ketones is 1. The Morgan fingerprint density at radius 1 is 1.31 bits per heavy atom. The zero-order chi connectivity index (χ0) is 18.5. The number of hydrogen-bond acceptors (Lipinski definition) is 4. The van der Waals surface area contributed by atoms with Crippen molar-refractivity contribution in [3.63, 3.8) is 0 Å². The lowest BCUT2D eigenvalue weighted by atomic mass is 9.93. The van der Waals surface area contributed by atoms with E-state index in [0.717, 1.165) is 24.2 Å². The molecule has 0 unspecified atom stereocenters. The molecule has 7 nitrogen and oxygen atoms in total. The van der Waals surface area contributed by atoms with Crippen molar-refractivity contribution in [3.05, 3.63) is 48.0 Å². The average molecular weight is 356 g/mol. The number of urea groups is 1. The fourth-order valence-electron chi connectivity index (χ4n) is 3.19. The summed E-state index contributed by atoms with van der Waals surface area (Å²) in [5.74, 6) is 1.05. The molecular weight excluding hydrogens is 332 g/mol. The van der Waals surface area contributed by atoms with E-state index in [1.807, 2.05) is 31.3 Å². The number of likely N-dealkylation sites (tertiary alicyclic amines) is 1. The van der Waals surface area contributed by atoms with Crippen molar-refractivity contribution in [2.24, 2.45) is 13.0 Å². The number of nitrogens with one attached hydrogen (secondary N) is 1. The number of hydrogen-bond donors (Lipinski definition) is 1. The molecule has 0 saturated carbocycles. The second-order valence-corrected chi connectivity index (χ2v) is 6.52. The van der Waals surface area contributed by atoms with Crippen LogP contribution in [0.5, 0.6) is 5.75 Å². The van der Waals surface area contributed by atoms with E-state index in [-0.39, 0.29) is 17.7 Å². The molecule has 1 saturated heterocycles. The minimum atomic E-state index is -0.198. The van der Waals surface area contributed by atoms with Gasteiger partial charge in [-0.05, 0) is 30.5 Å². The number of aromatic nitrogens is 2. The van der Waals surface area contributed by atoms with Crippen LogP contribution in [0.25, 0.3) is 0 Å². The Hall–Kier alpha value is -2.83. The molecular formula is C19H24N4O3. The maximum Gasteiger partial charge on any atom is 0.317 e. The first kappa shape index (κ1) is 18.0. The minimum absolute atomic E-state index is 0.00477. The number of ether oxygens (including phenoxy) is 1. The highest BCUT2D eigenvalue weighted by Crippen LogP contribution is 2.20. The summed E-state index contributed by atoms with van der Waals surface area (Å²) in [6.45, 7) is 1.54. The van der Waals surface area contributed by atoms with Crippen molar-refractivity contribution < 1.29 is 14.3 Å². The summed E-state index contributed by atoms with van der Waals surface area (Å²) in [7, 11) is 3.43. The normalized spacial score (nSPS) is 17.0. The standard InChI is InChI=1S/C19H24N4O3/c1-22-11-9-20-18(22)17(24)15-4-3-10-23(13-15)19(25)21-12-14-5-7-16(26-2)8-6-14/h5-9,11,15H,3-4,10,12-13H2,1-2H3,(H,21,25)/t15-/m1/s1. The van der Waals surface area contributed by atoms with Crippen LogP contribution in [0.15, 0.2) is 36.7 Å². The molecule has 0 radical (unpaired) electrons. The molecule has 2 aromatic rings. The van der Waals surface area contributed by atoms with E-state index >= 15 is 0 Å². The van der Waals surface area contributed by atoms with Crippen LogP contribution in [-0.4, -0.2) is 46.5 Å². The van der Waals surface area contributed by atoms with Gasteiger partial charge in [-0.25, -0.2) is 9.78 Å². The fraction of sp³-hybridized carbons (Fsp3) is 0.421. The topological polar surface area (TPSA) is 76.5 Å². The van der Waals surface area contributed by atoms with E-state index in [4.69, 9.17) is 4.74 Å². The molecule has 1 fully saturated rings. The SMILES string of the molecule is COc1ccc(CNC(=O)N2CCC[C@@H](C(=O)c3nccn3C)C2)cc1. The number of rotatable bonds is 5. The maximum atomic E-state index is 12.6. The van der Waals surface area contributed by atoms with Crippen LogP contribution in [0, 0.1) is 5.92 Å². The smallest absolute Gasteiger partial charge is 0.317 e. The number of carbonyl (C=O) groups is 2. The highest BCUT2D eigenvalue weighted by Gasteiger charge is 2.30. The molecule has 0 bridgehead atoms. The van der Waals surface area contributed by atoms with Crippen molar-refractivity contribution in [2.75, 3.05) is 20.2 Å². The Kier molecular flexibility index (Phi) is 5.55. The van der Waals surface area contributed by atoms with E-state index in [2.05, 4.69) is 10.3 Å². The lowest BCUT2D eigenvalue weighted by Crippen LogP contribution is -2.47. The van der Waals surface area contributed by atoms with Crippen LogP contribution >= 0.6 is 0 Å². The molecule has 1 aromatic heterocycles. The van der Waals surface area contributed by atoms with Gasteiger partial charge in [-0.3, -0.25) is 4.79 Å². The average Bonchev–Trinajstić information content (AvgIpc) is 3.12. The van der Waals surface area contributed by atoms with Crippen molar-refractivity contribution >= 4 is 11.8 Å². The van der Waals surface area contributed by atoms with Crippen LogP contribution in [0.2, 0.25) is 0 Å². The van der Waals surface area contributed by atoms with Crippen LogP contribution < -0.4 is 10.1 Å². The lowest BCUT2D eigenvalue weighted by Gasteiger charge is -2.31. The summed E-state index contributed by atoms with van der Waals surface area (Å²) in [5, 5.41) is 2.93. The Balaban J connectivity index is 1.55. The minimum Gasteiger partial charge on any atom is -0.497 e. The van der Waals surface area contributed by atoms with Crippen LogP contribution in [0.4, 0.5) is 4.79 Å². The third-order valence-corrected chi connectivity index (χ3v) is 4.72. The van der Waals surface area contributed by atoms with Crippen LogP contribution in [0.3, 0.4) is 0 Å². The van der Waals surface area contributed by atoms with E-state index in [1.165, 1.54) is 0 Å². The summed E-state index contributed by atoms with van der Waals surface area (Å²) in [5.41, 5.74) is 0.997. The van der Waals surface area contributed by atoms with E-state index in [1.54, 1.807) is 29.0 Å². The number of imidazole rings is 1. The highest BCUT2D eigenvalue weighted by molar-refractivity contribution is 5.95. The number of Topliss-reactive ketones (excluding diaryl/α,β-unsaturated/α-hetero) is 1. The van der Waals surface area contributed by atoms with Crippen LogP contribution in [0.1, 0.15) is 29.0 Å². The molecule has 2 amide bonds. The molecule has 1 atom stereocenters. The summed E-state index contributed by atoms with van der Waals surface area (Å²) in [6.07, 6.45) is 4.98. The number of aryl methyl sites for hydroxylation is 1. The van der Waals surface area contributed by atoms with Gasteiger partial charge in [-0.1, -0.05) is 12.1 Å². The molecule has 138 valence electrons. The van der Waals surface area contributed by atoms with Gasteiger partial charge in [-0.2, -0.15) is 0 Å². The van der Waals surface area contributed by atoms with E-state index in [9.17, 15) is 9.59 Å². The van der Waals surface area contributed by atoms with Gasteiger partial charge in [-0.15, -0.1) is 0 Å². The number of carbonyl (C=O) groups excluding carboxylic acids is 2. The summed E-state index contributed by atoms with van der Waals surface area (Å²) in [4.78, 5) is 31.0. The number of methoxy groups -OCH3 is 1. The van der Waals surface area contributed by atoms with E-state index in [0.29, 0.717) is 25.5 Å². The van der Waals surface area contributed by atoms with Crippen molar-refractivity contribution in [2.45, 2.75) is 19.4 Å². The molecule has 2 heterocycles. The van der Waals surface area contributed by atoms with Gasteiger partial charge in [0.2, 0.25) is 5.78 Å². The Labute approximate surface area is 153 Å². The monoisotopic (exact) mass is 356 g/mol. The van der Waals surface area contributed by atoms with Crippen molar-refractivity contribution in [1.29, 1.82) is 0 Å². The Morgan fingerprint density at radius 2 is 2.08 bits per heavy atom. The zero-order valence-electron chi connectivity index (χ0n) is 15.1. The van der Waals surface area contributed by atoms with Gasteiger partial charge in [0, 0.05) is 45.0 Å². The fourth-order valence-corrected chi connectivity index (χ4v) is 3.19. The third-order valence-electron chi connectivity index (χ3n) is 4.72. The molecule has 1 N–H and O–H groups in total. The Bertz CT molecular complexity index is 769. The molecule has 0 spiro atoms. The molecule has 0 aliphatic carbocycles. The van der Waals surface area contributed by atoms with Crippen LogP contribution in [-0.2, 0) is 13.6 Å². The number of amides is 2. The second-order valence-electron chi connectivity index (χ2n) is 6.52. The summed E-state index contributed by atoms with van der Waals surface area (Å²) < 4.78 is 6.86. The largest absolute Gasteiger partial charge is 0.497 e. The second kappa shape index (κ2) is 8.03. The molecule has 1 aliphatic heterocycles. The highest BCUT2D eigenvalue weighted by atomic mass is 16.5. The van der Waals surface area contributed by atoms with Gasteiger partial charge in [0.15, 0.2) is 5.82 Å². The van der Waals surface area contributed by atoms with Gasteiger partial charge in [0.05, 0.1) is 7.11 Å². The predicted molar refractivity (Wildman–Crippen MR) is 97.1 cm³/mol. The first-order valence-corrected chi connectivity index (χ1v) is 8.75. The first-order chi connectivity index (χ1) is 12.6. The molecule has 7 heteroatoms. The van der Waals surface area contributed by atoms with Crippen molar-refractivity contribution in [1.82, 2.24) is 19.8 Å². The van der Waals surface area contributed by atoms with Gasteiger partial charge in [0.25, 0.3) is 0 Å². The quantitative estimate of drug-likeness (QED) is 0.834. The van der Waals surface area contributed by atoms with Crippen molar-refractivity contribution in [3.8, 4) is 5.75 Å². The maximum absolute atomic E-state index is 12.6. The molecule has 1 aromatic carbocycles. The predicted octanol–water partition coefficient (Wildman–Crippen LogP) is 2.23. The number of piperidine rings is 1. The van der Waals surface area contributed by atoms with E-state index < -0.39 is 0 Å².